The minimum Gasteiger partial charge on any atom is -0.353 e. The zero-order valence-electron chi connectivity index (χ0n) is 21.2. The van der Waals surface area contributed by atoms with Crippen LogP contribution in [-0.2, 0) is 19.6 Å². The Labute approximate surface area is 219 Å². The van der Waals surface area contributed by atoms with Gasteiger partial charge in [-0.1, -0.05) is 43.0 Å². The molecule has 6 rings (SSSR count). The van der Waals surface area contributed by atoms with E-state index in [1.54, 1.807) is 26.0 Å². The van der Waals surface area contributed by atoms with E-state index < -0.39 is 15.6 Å². The molecule has 0 heterocycles. The van der Waals surface area contributed by atoms with Crippen LogP contribution in [0.25, 0.3) is 0 Å². The van der Waals surface area contributed by atoms with E-state index in [9.17, 15) is 18.0 Å². The maximum Gasteiger partial charge on any atom is 0.243 e. The summed E-state index contributed by atoms with van der Waals surface area (Å²) in [4.78, 5) is 26.8. The molecule has 1 aromatic carbocycles. The van der Waals surface area contributed by atoms with Gasteiger partial charge in [-0.2, -0.15) is 4.72 Å². The van der Waals surface area contributed by atoms with Crippen molar-refractivity contribution in [3.8, 4) is 0 Å². The summed E-state index contributed by atoms with van der Waals surface area (Å²) >= 11 is 6.10. The Balaban J connectivity index is 1.26. The fraction of sp³-hybridized carbons (Fsp3) is 0.704. The molecule has 2 atom stereocenters. The van der Waals surface area contributed by atoms with E-state index in [0.717, 1.165) is 44.9 Å². The van der Waals surface area contributed by atoms with Gasteiger partial charge in [0.2, 0.25) is 21.8 Å². The number of carbonyl (C=O) groups is 2. The molecule has 7 nitrogen and oxygen atoms in total. The van der Waals surface area contributed by atoms with E-state index in [-0.39, 0.29) is 45.0 Å². The van der Waals surface area contributed by atoms with Gasteiger partial charge in [-0.05, 0) is 88.7 Å². The van der Waals surface area contributed by atoms with Gasteiger partial charge in [-0.15, -0.1) is 0 Å². The van der Waals surface area contributed by atoms with Crippen molar-refractivity contribution >= 4 is 33.4 Å². The molecule has 4 bridgehead atoms. The molecule has 2 unspecified atom stereocenters. The van der Waals surface area contributed by atoms with Crippen molar-refractivity contribution in [2.24, 2.45) is 23.2 Å². The number of benzene rings is 1. The summed E-state index contributed by atoms with van der Waals surface area (Å²) in [7, 11) is -3.99. The largest absolute Gasteiger partial charge is 0.353 e. The second-order valence-electron chi connectivity index (χ2n) is 12.2. The highest BCUT2D eigenvalue weighted by molar-refractivity contribution is 7.89. The number of halogens is 1. The maximum absolute atomic E-state index is 13.5. The molecule has 0 radical (unpaired) electrons. The van der Waals surface area contributed by atoms with Gasteiger partial charge in [-0.25, -0.2) is 8.42 Å². The average molecular weight is 536 g/mol. The summed E-state index contributed by atoms with van der Waals surface area (Å²) in [6.07, 6.45) is 10.4. The number of hydrogen-bond acceptors (Lipinski definition) is 4. The Morgan fingerprint density at radius 2 is 1.61 bits per heavy atom. The molecule has 5 aliphatic rings. The van der Waals surface area contributed by atoms with Crippen LogP contribution in [-0.4, -0.2) is 37.9 Å². The first-order valence-electron chi connectivity index (χ1n) is 13.4. The summed E-state index contributed by atoms with van der Waals surface area (Å²) in [5.41, 5.74) is -1.67. The number of carbonyl (C=O) groups excluding carboxylic acids is 2. The first-order chi connectivity index (χ1) is 17.0. The van der Waals surface area contributed by atoms with E-state index in [0.29, 0.717) is 12.0 Å². The van der Waals surface area contributed by atoms with E-state index in [1.165, 1.54) is 31.4 Å². The van der Waals surface area contributed by atoms with Crippen LogP contribution in [0.3, 0.4) is 0 Å². The van der Waals surface area contributed by atoms with Crippen LogP contribution in [0, 0.1) is 23.2 Å². The van der Waals surface area contributed by atoms with Crippen LogP contribution >= 0.6 is 11.6 Å². The van der Waals surface area contributed by atoms with Crippen molar-refractivity contribution in [3.05, 3.63) is 29.3 Å². The minimum atomic E-state index is -3.99. The standard InChI is InChI=1S/C27H38ClN3O4S/c1-26(2,31-36(34,35)22-11-7-6-10-21(22)28)24(32)30-23-18-12-17-13-19(23)16-27(14-17,15-18)25(33)29-20-8-4-3-5-9-20/h6-7,10-11,17-20,23,31H,3-5,8-9,12-16H2,1-2H3,(H,29,33)(H,30,32). The van der Waals surface area contributed by atoms with Crippen LogP contribution in [0.15, 0.2) is 29.2 Å². The molecule has 3 N–H and O–H groups in total. The maximum atomic E-state index is 13.5. The van der Waals surface area contributed by atoms with Crippen molar-refractivity contribution in [3.63, 3.8) is 0 Å². The Morgan fingerprint density at radius 3 is 2.25 bits per heavy atom. The monoisotopic (exact) mass is 535 g/mol. The lowest BCUT2D eigenvalue weighted by Gasteiger charge is -2.59. The zero-order chi connectivity index (χ0) is 25.7. The molecular formula is C27H38ClN3O4S. The van der Waals surface area contributed by atoms with E-state index in [4.69, 9.17) is 11.6 Å². The molecule has 2 amide bonds. The van der Waals surface area contributed by atoms with Crippen LogP contribution in [0.5, 0.6) is 0 Å². The van der Waals surface area contributed by atoms with Crippen LogP contribution < -0.4 is 15.4 Å². The van der Waals surface area contributed by atoms with Gasteiger partial charge >= 0.3 is 0 Å². The first kappa shape index (κ1) is 26.0. The summed E-state index contributed by atoms with van der Waals surface area (Å²) in [5, 5.41) is 6.70. The molecule has 5 aliphatic carbocycles. The number of nitrogens with one attached hydrogen (secondary N) is 3. The molecular weight excluding hydrogens is 498 g/mol. The number of rotatable bonds is 7. The van der Waals surface area contributed by atoms with Gasteiger partial charge in [-0.3, -0.25) is 9.59 Å². The fourth-order valence-corrected chi connectivity index (χ4v) is 9.45. The summed E-state index contributed by atoms with van der Waals surface area (Å²) in [6, 6.07) is 6.47. The number of hydrogen-bond donors (Lipinski definition) is 3. The van der Waals surface area contributed by atoms with Gasteiger partial charge in [0.25, 0.3) is 0 Å². The molecule has 0 spiro atoms. The lowest BCUT2D eigenvalue weighted by Crippen LogP contribution is -2.65. The summed E-state index contributed by atoms with van der Waals surface area (Å²) in [6.45, 7) is 3.15. The van der Waals surface area contributed by atoms with Crippen LogP contribution in [0.1, 0.15) is 78.1 Å². The second-order valence-corrected chi connectivity index (χ2v) is 14.3. The smallest absolute Gasteiger partial charge is 0.243 e. The van der Waals surface area contributed by atoms with Gasteiger partial charge < -0.3 is 10.6 Å². The van der Waals surface area contributed by atoms with Crippen molar-refractivity contribution in [1.29, 1.82) is 0 Å². The lowest BCUT2D eigenvalue weighted by atomic mass is 9.47. The highest BCUT2D eigenvalue weighted by Gasteiger charge is 2.59. The number of sulfonamides is 1. The third-order valence-corrected chi connectivity index (χ3v) is 11.2. The topological polar surface area (TPSA) is 104 Å². The molecule has 9 heteroatoms. The van der Waals surface area contributed by atoms with Gasteiger partial charge in [0.05, 0.1) is 10.4 Å². The number of amides is 2. The van der Waals surface area contributed by atoms with E-state index >= 15 is 0 Å². The molecule has 0 aromatic heterocycles. The molecule has 0 saturated heterocycles. The second kappa shape index (κ2) is 9.59. The normalized spacial score (nSPS) is 32.3. The van der Waals surface area contributed by atoms with Crippen molar-refractivity contribution in [2.45, 2.75) is 101 Å². The van der Waals surface area contributed by atoms with Crippen molar-refractivity contribution in [1.82, 2.24) is 15.4 Å². The van der Waals surface area contributed by atoms with Crippen molar-refractivity contribution < 1.29 is 18.0 Å². The van der Waals surface area contributed by atoms with Gasteiger partial charge in [0.15, 0.2) is 0 Å². The predicted molar refractivity (Wildman–Crippen MR) is 139 cm³/mol. The van der Waals surface area contributed by atoms with Gasteiger partial charge in [0, 0.05) is 12.1 Å². The first-order valence-corrected chi connectivity index (χ1v) is 15.3. The summed E-state index contributed by atoms with van der Waals surface area (Å²) in [5.74, 6) is 0.892. The highest BCUT2D eigenvalue weighted by atomic mass is 35.5. The molecule has 5 fully saturated rings. The molecule has 1 aromatic rings. The third kappa shape index (κ3) is 4.93. The lowest BCUT2D eigenvalue weighted by molar-refractivity contribution is -0.152. The van der Waals surface area contributed by atoms with Crippen LogP contribution in [0.2, 0.25) is 5.02 Å². The predicted octanol–water partition coefficient (Wildman–Crippen LogP) is 4.16. The minimum absolute atomic E-state index is 0.0336. The Morgan fingerprint density at radius 1 is 0.972 bits per heavy atom. The van der Waals surface area contributed by atoms with Crippen molar-refractivity contribution in [2.75, 3.05) is 0 Å². The molecule has 5 saturated carbocycles. The van der Waals surface area contributed by atoms with E-state index in [2.05, 4.69) is 15.4 Å². The molecule has 198 valence electrons. The Kier molecular flexibility index (Phi) is 6.92. The third-order valence-electron chi connectivity index (χ3n) is 9.08. The quantitative estimate of drug-likeness (QED) is 0.487. The average Bonchev–Trinajstić information content (AvgIpc) is 2.81. The Hall–Kier alpha value is -1.64. The molecule has 36 heavy (non-hydrogen) atoms. The SMILES string of the molecule is CC(C)(NS(=O)(=O)c1ccccc1Cl)C(=O)NC1C2CC3CC1CC(C(=O)NC1CCCCC1)(C3)C2. The highest BCUT2D eigenvalue weighted by Crippen LogP contribution is 2.60. The van der Waals surface area contributed by atoms with E-state index in [1.807, 2.05) is 0 Å². The zero-order valence-corrected chi connectivity index (χ0v) is 22.8. The fourth-order valence-electron chi connectivity index (χ4n) is 7.56. The van der Waals surface area contributed by atoms with Gasteiger partial charge in [0.1, 0.15) is 10.4 Å². The summed E-state index contributed by atoms with van der Waals surface area (Å²) < 4.78 is 28.5. The van der Waals surface area contributed by atoms with Crippen LogP contribution in [0.4, 0.5) is 0 Å². The Bertz CT molecular complexity index is 1120. The molecule has 0 aliphatic heterocycles.